The lowest BCUT2D eigenvalue weighted by Crippen LogP contribution is -2.33. The Kier molecular flexibility index (Phi) is 4.00. The van der Waals surface area contributed by atoms with E-state index in [1.807, 2.05) is 7.05 Å². The first-order valence-electron chi connectivity index (χ1n) is 7.56. The molecule has 120 valence electrons. The Morgan fingerprint density at radius 3 is 2.52 bits per heavy atom. The molecule has 2 heterocycles. The first-order valence-corrected chi connectivity index (χ1v) is 7.56. The summed E-state index contributed by atoms with van der Waals surface area (Å²) in [6.07, 6.45) is 1.58. The number of aromatic carboxylic acids is 1. The summed E-state index contributed by atoms with van der Waals surface area (Å²) in [6.45, 7) is 1.75. The zero-order valence-electron chi connectivity index (χ0n) is 12.8. The molecule has 1 aromatic heterocycles. The smallest absolute Gasteiger partial charge is 0.336 e. The quantitative estimate of drug-likeness (QED) is 0.844. The Morgan fingerprint density at radius 1 is 1.17 bits per heavy atom. The highest BCUT2D eigenvalue weighted by Gasteiger charge is 2.26. The monoisotopic (exact) mass is 314 g/mol. The van der Waals surface area contributed by atoms with Crippen LogP contribution in [-0.4, -0.2) is 52.0 Å². The second-order valence-electron chi connectivity index (χ2n) is 5.97. The van der Waals surface area contributed by atoms with Gasteiger partial charge in [-0.15, -0.1) is 0 Å². The summed E-state index contributed by atoms with van der Waals surface area (Å²) in [7, 11) is 2.03. The van der Waals surface area contributed by atoms with E-state index < -0.39 is 5.97 Å². The van der Waals surface area contributed by atoms with E-state index in [9.17, 15) is 19.8 Å². The number of pyridine rings is 1. The molecule has 0 radical (unpaired) electrons. The normalized spacial score (nSPS) is 16.6. The first-order chi connectivity index (χ1) is 11.0. The number of aromatic nitrogens is 1. The molecule has 3 rings (SSSR count). The van der Waals surface area contributed by atoms with Gasteiger partial charge in [-0.3, -0.25) is 4.79 Å². The van der Waals surface area contributed by atoms with Crippen molar-refractivity contribution in [2.75, 3.05) is 20.1 Å². The maximum Gasteiger partial charge on any atom is 0.336 e. The number of benzene rings is 1. The zero-order chi connectivity index (χ0) is 16.6. The van der Waals surface area contributed by atoms with Crippen molar-refractivity contribution in [2.24, 2.45) is 5.92 Å². The van der Waals surface area contributed by atoms with Crippen LogP contribution in [0.4, 0.5) is 0 Å². The third-order valence-corrected chi connectivity index (χ3v) is 4.41. The molecule has 1 aliphatic heterocycles. The van der Waals surface area contributed by atoms with Crippen LogP contribution in [0.5, 0.6) is 5.75 Å². The number of ketones is 1. The summed E-state index contributed by atoms with van der Waals surface area (Å²) in [6, 6.07) is 5.73. The number of likely N-dealkylation sites (tertiary alicyclic amines) is 1. The molecule has 0 amide bonds. The van der Waals surface area contributed by atoms with Crippen LogP contribution >= 0.6 is 0 Å². The number of fused-ring (bicyclic) bond motifs is 1. The molecule has 1 saturated heterocycles. The predicted molar refractivity (Wildman–Crippen MR) is 84.9 cm³/mol. The average molecular weight is 314 g/mol. The lowest BCUT2D eigenvalue weighted by Gasteiger charge is -2.27. The van der Waals surface area contributed by atoms with Gasteiger partial charge in [0, 0.05) is 11.3 Å². The van der Waals surface area contributed by atoms with Crippen LogP contribution in [0.1, 0.15) is 33.7 Å². The van der Waals surface area contributed by atoms with Crippen LogP contribution in [0, 0.1) is 5.92 Å². The van der Waals surface area contributed by atoms with Crippen molar-refractivity contribution in [2.45, 2.75) is 12.8 Å². The van der Waals surface area contributed by atoms with Gasteiger partial charge in [-0.05, 0) is 57.2 Å². The number of hydrogen-bond acceptors (Lipinski definition) is 5. The summed E-state index contributed by atoms with van der Waals surface area (Å²) >= 11 is 0. The number of hydrogen-bond donors (Lipinski definition) is 2. The molecular weight excluding hydrogens is 296 g/mol. The summed E-state index contributed by atoms with van der Waals surface area (Å²) in [5.41, 5.74) is 0.497. The largest absolute Gasteiger partial charge is 0.506 e. The van der Waals surface area contributed by atoms with Gasteiger partial charge in [-0.1, -0.05) is 0 Å². The number of carboxylic acids is 1. The van der Waals surface area contributed by atoms with E-state index in [1.54, 1.807) is 12.1 Å². The molecule has 2 aromatic rings. The molecule has 1 aliphatic rings. The Labute approximate surface area is 133 Å². The molecule has 0 saturated carbocycles. The number of nitrogens with zero attached hydrogens (tertiary/aromatic N) is 2. The third kappa shape index (κ3) is 2.90. The van der Waals surface area contributed by atoms with E-state index in [0.29, 0.717) is 5.39 Å². The maximum absolute atomic E-state index is 12.6. The fraction of sp³-hybridized carbons (Fsp3) is 0.353. The summed E-state index contributed by atoms with van der Waals surface area (Å²) in [5.74, 6) is -1.32. The van der Waals surface area contributed by atoms with Crippen molar-refractivity contribution < 1.29 is 19.8 Å². The Hall–Kier alpha value is -2.47. The highest BCUT2D eigenvalue weighted by molar-refractivity contribution is 6.06. The number of Topliss-reactive ketones (excluding diaryl/α,β-unsaturated/α-hetero) is 1. The van der Waals surface area contributed by atoms with Crippen LogP contribution < -0.4 is 0 Å². The lowest BCUT2D eigenvalue weighted by atomic mass is 9.90. The SMILES string of the molecule is CN1CCC(C(=O)c2ccc3c(C(=O)O)ccc(O)c3n2)CC1. The van der Waals surface area contributed by atoms with Crippen molar-refractivity contribution in [1.82, 2.24) is 9.88 Å². The molecule has 6 nitrogen and oxygen atoms in total. The van der Waals surface area contributed by atoms with Crippen molar-refractivity contribution >= 4 is 22.7 Å². The topological polar surface area (TPSA) is 90.7 Å². The van der Waals surface area contributed by atoms with Crippen LogP contribution in [-0.2, 0) is 0 Å². The van der Waals surface area contributed by atoms with E-state index >= 15 is 0 Å². The van der Waals surface area contributed by atoms with Gasteiger partial charge in [0.1, 0.15) is 17.0 Å². The Bertz CT molecular complexity index is 780. The Morgan fingerprint density at radius 2 is 1.87 bits per heavy atom. The molecule has 0 unspecified atom stereocenters. The number of piperidine rings is 1. The van der Waals surface area contributed by atoms with Crippen molar-refractivity contribution in [1.29, 1.82) is 0 Å². The highest BCUT2D eigenvalue weighted by Crippen LogP contribution is 2.28. The number of aromatic hydroxyl groups is 1. The van der Waals surface area contributed by atoms with Crippen LogP contribution in [0.25, 0.3) is 10.9 Å². The number of phenolic OH excluding ortho intramolecular Hbond substituents is 1. The zero-order valence-corrected chi connectivity index (χ0v) is 12.8. The predicted octanol–water partition coefficient (Wildman–Crippen LogP) is 2.16. The Balaban J connectivity index is 1.98. The highest BCUT2D eigenvalue weighted by atomic mass is 16.4. The van der Waals surface area contributed by atoms with Gasteiger partial charge in [0.15, 0.2) is 5.78 Å². The number of rotatable bonds is 3. The average Bonchev–Trinajstić information content (AvgIpc) is 2.55. The molecule has 1 fully saturated rings. The van der Waals surface area contributed by atoms with Gasteiger partial charge in [0.2, 0.25) is 0 Å². The van der Waals surface area contributed by atoms with Crippen molar-refractivity contribution in [3.05, 3.63) is 35.5 Å². The van der Waals surface area contributed by atoms with E-state index in [2.05, 4.69) is 9.88 Å². The lowest BCUT2D eigenvalue weighted by molar-refractivity contribution is 0.0698. The van der Waals surface area contributed by atoms with E-state index in [0.717, 1.165) is 25.9 Å². The van der Waals surface area contributed by atoms with Gasteiger partial charge in [-0.25, -0.2) is 9.78 Å². The molecule has 23 heavy (non-hydrogen) atoms. The maximum atomic E-state index is 12.6. The number of carbonyl (C=O) groups excluding carboxylic acids is 1. The number of carboxylic acid groups (broad SMARTS) is 1. The first kappa shape index (κ1) is 15.4. The molecule has 0 spiro atoms. The fourth-order valence-electron chi connectivity index (χ4n) is 3.01. The van der Waals surface area contributed by atoms with Gasteiger partial charge < -0.3 is 15.1 Å². The van der Waals surface area contributed by atoms with Crippen LogP contribution in [0.2, 0.25) is 0 Å². The molecular formula is C17H18N2O4. The van der Waals surface area contributed by atoms with E-state index in [4.69, 9.17) is 0 Å². The van der Waals surface area contributed by atoms with Crippen LogP contribution in [0.3, 0.4) is 0 Å². The fourth-order valence-corrected chi connectivity index (χ4v) is 3.01. The summed E-state index contributed by atoms with van der Waals surface area (Å²) < 4.78 is 0. The minimum Gasteiger partial charge on any atom is -0.506 e. The molecule has 1 aromatic carbocycles. The minimum absolute atomic E-state index is 0.0415. The van der Waals surface area contributed by atoms with Gasteiger partial charge in [0.05, 0.1) is 5.56 Å². The molecule has 0 atom stereocenters. The standard InChI is InChI=1S/C17H18N2O4/c1-19-8-6-10(7-9-19)16(21)13-4-2-11-12(17(22)23)3-5-14(20)15(11)18-13/h2-5,10,20H,6-9H2,1H3,(H,22,23). The van der Waals surface area contributed by atoms with Gasteiger partial charge >= 0.3 is 5.97 Å². The van der Waals surface area contributed by atoms with Crippen molar-refractivity contribution in [3.63, 3.8) is 0 Å². The molecule has 6 heteroatoms. The van der Waals surface area contributed by atoms with Gasteiger partial charge in [0.25, 0.3) is 0 Å². The third-order valence-electron chi connectivity index (χ3n) is 4.41. The number of phenols is 1. The second kappa shape index (κ2) is 5.96. The summed E-state index contributed by atoms with van der Waals surface area (Å²) in [5, 5.41) is 19.5. The van der Waals surface area contributed by atoms with E-state index in [1.165, 1.54) is 12.1 Å². The van der Waals surface area contributed by atoms with E-state index in [-0.39, 0.29) is 34.2 Å². The second-order valence-corrected chi connectivity index (χ2v) is 5.97. The van der Waals surface area contributed by atoms with Crippen molar-refractivity contribution in [3.8, 4) is 5.75 Å². The van der Waals surface area contributed by atoms with Crippen LogP contribution in [0.15, 0.2) is 24.3 Å². The molecule has 0 aliphatic carbocycles. The minimum atomic E-state index is -1.09. The number of carbonyl (C=O) groups is 2. The van der Waals surface area contributed by atoms with Gasteiger partial charge in [-0.2, -0.15) is 0 Å². The molecule has 2 N–H and O–H groups in total. The summed E-state index contributed by atoms with van der Waals surface area (Å²) in [4.78, 5) is 30.3. The molecule has 0 bridgehead atoms.